The highest BCUT2D eigenvalue weighted by Gasteiger charge is 2.16. The third-order valence-corrected chi connectivity index (χ3v) is 2.77. The summed E-state index contributed by atoms with van der Waals surface area (Å²) in [6.07, 6.45) is 0.926. The highest BCUT2D eigenvalue weighted by atomic mass is 35.5. The Morgan fingerprint density at radius 2 is 1.69 bits per heavy atom. The molecule has 0 radical (unpaired) electrons. The largest absolute Gasteiger partial charge is 0.397 e. The summed E-state index contributed by atoms with van der Waals surface area (Å²) >= 11 is 6.08. The van der Waals surface area contributed by atoms with E-state index in [0.29, 0.717) is 5.02 Å². The van der Waals surface area contributed by atoms with Crippen LogP contribution in [-0.2, 0) is 11.8 Å². The van der Waals surface area contributed by atoms with E-state index < -0.39 is 0 Å². The van der Waals surface area contributed by atoms with Crippen molar-refractivity contribution in [3.8, 4) is 0 Å². The van der Waals surface area contributed by atoms with E-state index in [1.807, 2.05) is 19.9 Å². The standard InChI is InChI=1S/C12H18ClN.C2H6/c1-5-8-6-9(12(2,3)4)7-10(13)11(8)14;1-2/h6-7H,5,14H2,1-4H3;1-2H3. The second kappa shape index (κ2) is 6.15. The summed E-state index contributed by atoms with van der Waals surface area (Å²) in [6.45, 7) is 12.6. The molecular formula is C14H24ClN. The first-order valence-corrected chi connectivity index (χ1v) is 6.32. The summed E-state index contributed by atoms with van der Waals surface area (Å²) in [5.74, 6) is 0. The quantitative estimate of drug-likeness (QED) is 0.702. The smallest absolute Gasteiger partial charge is 0.0641 e. The fourth-order valence-electron chi connectivity index (χ4n) is 1.40. The van der Waals surface area contributed by atoms with Gasteiger partial charge < -0.3 is 5.73 Å². The van der Waals surface area contributed by atoms with Crippen LogP contribution in [0, 0.1) is 0 Å². The summed E-state index contributed by atoms with van der Waals surface area (Å²) < 4.78 is 0. The van der Waals surface area contributed by atoms with Gasteiger partial charge in [-0.2, -0.15) is 0 Å². The van der Waals surface area contributed by atoms with Crippen molar-refractivity contribution in [2.24, 2.45) is 0 Å². The van der Waals surface area contributed by atoms with Crippen LogP contribution in [-0.4, -0.2) is 0 Å². The van der Waals surface area contributed by atoms with Crippen LogP contribution in [0.15, 0.2) is 12.1 Å². The van der Waals surface area contributed by atoms with Crippen LogP contribution in [0.3, 0.4) is 0 Å². The van der Waals surface area contributed by atoms with Gasteiger partial charge in [0.1, 0.15) is 0 Å². The Kier molecular flexibility index (Phi) is 5.88. The maximum absolute atomic E-state index is 6.08. The SMILES string of the molecule is CC.CCc1cc(C(C)(C)C)cc(Cl)c1N. The van der Waals surface area contributed by atoms with Gasteiger partial charge in [0.05, 0.1) is 10.7 Å². The maximum Gasteiger partial charge on any atom is 0.0641 e. The van der Waals surface area contributed by atoms with Gasteiger partial charge in [-0.3, -0.25) is 0 Å². The molecule has 0 aliphatic heterocycles. The van der Waals surface area contributed by atoms with Gasteiger partial charge in [0.2, 0.25) is 0 Å². The summed E-state index contributed by atoms with van der Waals surface area (Å²) in [7, 11) is 0. The Morgan fingerprint density at radius 1 is 1.19 bits per heavy atom. The molecule has 1 nitrogen and oxygen atoms in total. The van der Waals surface area contributed by atoms with Crippen LogP contribution in [0.2, 0.25) is 5.02 Å². The number of aryl methyl sites for hydroxylation is 1. The van der Waals surface area contributed by atoms with E-state index in [9.17, 15) is 0 Å². The fraction of sp³-hybridized carbons (Fsp3) is 0.571. The van der Waals surface area contributed by atoms with Crippen LogP contribution in [0.1, 0.15) is 52.7 Å². The summed E-state index contributed by atoms with van der Waals surface area (Å²) in [6, 6.07) is 4.12. The average molecular weight is 242 g/mol. The number of rotatable bonds is 1. The van der Waals surface area contributed by atoms with Crippen LogP contribution in [0.25, 0.3) is 0 Å². The summed E-state index contributed by atoms with van der Waals surface area (Å²) in [5, 5.41) is 0.675. The molecule has 0 aromatic heterocycles. The fourth-order valence-corrected chi connectivity index (χ4v) is 1.64. The Balaban J connectivity index is 0.00000106. The molecule has 2 N–H and O–H groups in total. The molecule has 1 aromatic carbocycles. The zero-order valence-corrected chi connectivity index (χ0v) is 12.1. The number of hydrogen-bond donors (Lipinski definition) is 1. The summed E-state index contributed by atoms with van der Waals surface area (Å²) in [5.41, 5.74) is 9.11. The van der Waals surface area contributed by atoms with Gasteiger partial charge >= 0.3 is 0 Å². The Hall–Kier alpha value is -0.690. The molecular weight excluding hydrogens is 218 g/mol. The lowest BCUT2D eigenvalue weighted by atomic mass is 9.85. The zero-order valence-electron chi connectivity index (χ0n) is 11.3. The van der Waals surface area contributed by atoms with E-state index >= 15 is 0 Å². The highest BCUT2D eigenvalue weighted by Crippen LogP contribution is 2.31. The average Bonchev–Trinajstić information content (AvgIpc) is 2.23. The normalized spacial score (nSPS) is 10.7. The molecule has 1 rings (SSSR count). The molecule has 2 heteroatoms. The lowest BCUT2D eigenvalue weighted by Crippen LogP contribution is -2.12. The Labute approximate surface area is 105 Å². The van der Waals surface area contributed by atoms with Gasteiger partial charge in [-0.05, 0) is 29.0 Å². The first-order chi connectivity index (χ1) is 7.36. The molecule has 0 aliphatic carbocycles. The third kappa shape index (κ3) is 3.71. The molecule has 16 heavy (non-hydrogen) atoms. The number of benzene rings is 1. The predicted octanol–water partition coefficient (Wildman–Crippen LogP) is 4.81. The molecule has 0 unspecified atom stereocenters. The highest BCUT2D eigenvalue weighted by molar-refractivity contribution is 6.33. The van der Waals surface area contributed by atoms with Crippen molar-refractivity contribution in [3.05, 3.63) is 28.3 Å². The van der Waals surface area contributed by atoms with E-state index in [-0.39, 0.29) is 5.41 Å². The molecule has 0 bridgehead atoms. The molecule has 0 saturated carbocycles. The molecule has 0 fully saturated rings. The van der Waals surface area contributed by atoms with Crippen molar-refractivity contribution >= 4 is 17.3 Å². The second-order valence-corrected chi connectivity index (χ2v) is 5.04. The van der Waals surface area contributed by atoms with Gasteiger partial charge in [-0.1, -0.05) is 59.2 Å². The second-order valence-electron chi connectivity index (χ2n) is 4.63. The number of halogens is 1. The molecule has 0 aliphatic rings. The van der Waals surface area contributed by atoms with E-state index in [1.165, 1.54) is 5.56 Å². The molecule has 1 aromatic rings. The van der Waals surface area contributed by atoms with Crippen molar-refractivity contribution in [1.29, 1.82) is 0 Å². The number of nitrogen functional groups attached to an aromatic ring is 1. The van der Waals surface area contributed by atoms with E-state index in [0.717, 1.165) is 17.7 Å². The molecule has 0 saturated heterocycles. The Morgan fingerprint density at radius 3 is 2.06 bits per heavy atom. The zero-order chi connectivity index (χ0) is 12.9. The lowest BCUT2D eigenvalue weighted by molar-refractivity contribution is 0.589. The van der Waals surface area contributed by atoms with Crippen molar-refractivity contribution < 1.29 is 0 Å². The Bertz CT molecular complexity index is 337. The number of hydrogen-bond acceptors (Lipinski definition) is 1. The lowest BCUT2D eigenvalue weighted by Gasteiger charge is -2.21. The van der Waals surface area contributed by atoms with Crippen molar-refractivity contribution in [2.45, 2.75) is 53.4 Å². The van der Waals surface area contributed by atoms with Gasteiger partial charge in [-0.15, -0.1) is 0 Å². The minimum atomic E-state index is 0.126. The van der Waals surface area contributed by atoms with Gasteiger partial charge in [0.25, 0.3) is 0 Å². The van der Waals surface area contributed by atoms with Crippen molar-refractivity contribution in [1.82, 2.24) is 0 Å². The molecule has 0 spiro atoms. The number of anilines is 1. The summed E-state index contributed by atoms with van der Waals surface area (Å²) in [4.78, 5) is 0. The third-order valence-electron chi connectivity index (χ3n) is 2.46. The van der Waals surface area contributed by atoms with Crippen molar-refractivity contribution in [2.75, 3.05) is 5.73 Å². The molecule has 0 atom stereocenters. The minimum absolute atomic E-state index is 0.126. The maximum atomic E-state index is 6.08. The minimum Gasteiger partial charge on any atom is -0.397 e. The molecule has 92 valence electrons. The van der Waals surface area contributed by atoms with Crippen LogP contribution in [0.5, 0.6) is 0 Å². The predicted molar refractivity (Wildman–Crippen MR) is 75.3 cm³/mol. The van der Waals surface area contributed by atoms with Crippen LogP contribution >= 0.6 is 11.6 Å². The number of nitrogens with two attached hydrogens (primary N) is 1. The first kappa shape index (κ1) is 15.3. The first-order valence-electron chi connectivity index (χ1n) is 5.94. The van der Waals surface area contributed by atoms with E-state index in [4.69, 9.17) is 17.3 Å². The topological polar surface area (TPSA) is 26.0 Å². The van der Waals surface area contributed by atoms with Gasteiger partial charge in [0.15, 0.2) is 0 Å². The molecule has 0 heterocycles. The van der Waals surface area contributed by atoms with E-state index in [1.54, 1.807) is 0 Å². The molecule has 0 amide bonds. The van der Waals surface area contributed by atoms with Crippen LogP contribution in [0.4, 0.5) is 5.69 Å². The monoisotopic (exact) mass is 241 g/mol. The van der Waals surface area contributed by atoms with Gasteiger partial charge in [0, 0.05) is 0 Å². The van der Waals surface area contributed by atoms with Crippen LogP contribution < -0.4 is 5.73 Å². The van der Waals surface area contributed by atoms with E-state index in [2.05, 4.69) is 33.8 Å². The van der Waals surface area contributed by atoms with Crippen molar-refractivity contribution in [3.63, 3.8) is 0 Å². The van der Waals surface area contributed by atoms with Gasteiger partial charge in [-0.25, -0.2) is 0 Å².